The summed E-state index contributed by atoms with van der Waals surface area (Å²) in [5.74, 6) is -0.397. The summed E-state index contributed by atoms with van der Waals surface area (Å²) in [6, 6.07) is 16.0. The summed E-state index contributed by atoms with van der Waals surface area (Å²) in [5, 5.41) is 10.7. The summed E-state index contributed by atoms with van der Waals surface area (Å²) in [4.78, 5) is 36.6. The number of carbonyl (C=O) groups excluding carboxylic acids is 2. The molecule has 2 aromatic carbocycles. The molecule has 0 radical (unpaired) electrons. The van der Waals surface area contributed by atoms with Gasteiger partial charge in [-0.3, -0.25) is 24.6 Å². The maximum atomic E-state index is 12.5. The van der Waals surface area contributed by atoms with Crippen molar-refractivity contribution in [3.8, 4) is 0 Å². The number of rotatable bonds is 6. The standard InChI is InChI=1S/C19H16N2O4S/c22-18-17(13-15-10-4-5-11-16(15)21(24)25)26-19(23)20(18)12-6-9-14-7-2-1-3-8-14/h1-5,7-8,10-11,13H,6,9,12H2/b17-13+. The molecular formula is C19H16N2O4S. The predicted octanol–water partition coefficient (Wildman–Crippen LogP) is 4.26. The molecule has 1 heterocycles. The van der Waals surface area contributed by atoms with Crippen molar-refractivity contribution in [3.63, 3.8) is 0 Å². The molecule has 0 N–H and O–H groups in total. The minimum absolute atomic E-state index is 0.0941. The summed E-state index contributed by atoms with van der Waals surface area (Å²) in [6.45, 7) is 0.327. The lowest BCUT2D eigenvalue weighted by Gasteiger charge is -2.12. The first kappa shape index (κ1) is 17.9. The van der Waals surface area contributed by atoms with Gasteiger partial charge in [0.15, 0.2) is 0 Å². The molecule has 0 saturated carbocycles. The Morgan fingerprint density at radius 2 is 1.73 bits per heavy atom. The van der Waals surface area contributed by atoms with E-state index in [1.165, 1.54) is 17.0 Å². The third-order valence-corrected chi connectivity index (χ3v) is 4.89. The lowest BCUT2D eigenvalue weighted by Crippen LogP contribution is -2.29. The van der Waals surface area contributed by atoms with E-state index < -0.39 is 10.8 Å². The molecule has 1 saturated heterocycles. The second-order valence-corrected chi connectivity index (χ2v) is 6.73. The molecule has 1 aliphatic heterocycles. The second-order valence-electron chi connectivity index (χ2n) is 5.74. The molecule has 0 aromatic heterocycles. The topological polar surface area (TPSA) is 80.5 Å². The van der Waals surface area contributed by atoms with Gasteiger partial charge in [-0.1, -0.05) is 42.5 Å². The number of hydrogen-bond donors (Lipinski definition) is 0. The molecule has 0 atom stereocenters. The number of benzene rings is 2. The highest BCUT2D eigenvalue weighted by Crippen LogP contribution is 2.34. The van der Waals surface area contributed by atoms with Crippen LogP contribution in [-0.4, -0.2) is 27.5 Å². The van der Waals surface area contributed by atoms with Gasteiger partial charge in [0.05, 0.1) is 15.4 Å². The molecular weight excluding hydrogens is 352 g/mol. The third-order valence-electron chi connectivity index (χ3n) is 3.98. The number of carbonyl (C=O) groups is 2. The normalized spacial score (nSPS) is 15.7. The summed E-state index contributed by atoms with van der Waals surface area (Å²) >= 11 is 0.819. The zero-order valence-corrected chi connectivity index (χ0v) is 14.6. The molecule has 132 valence electrons. The van der Waals surface area contributed by atoms with Gasteiger partial charge in [-0.15, -0.1) is 0 Å². The minimum atomic E-state index is -0.504. The van der Waals surface area contributed by atoms with Crippen molar-refractivity contribution in [1.29, 1.82) is 0 Å². The fraction of sp³-hybridized carbons (Fsp3) is 0.158. The molecule has 0 unspecified atom stereocenters. The highest BCUT2D eigenvalue weighted by molar-refractivity contribution is 8.18. The van der Waals surface area contributed by atoms with Crippen molar-refractivity contribution in [1.82, 2.24) is 4.90 Å². The van der Waals surface area contributed by atoms with E-state index in [1.54, 1.807) is 18.2 Å². The Hall–Kier alpha value is -2.93. The molecule has 3 rings (SSSR count). The van der Waals surface area contributed by atoms with E-state index in [0.717, 1.165) is 23.7 Å². The van der Waals surface area contributed by atoms with Crippen molar-refractivity contribution >= 4 is 34.7 Å². The molecule has 1 aliphatic rings. The van der Waals surface area contributed by atoms with Crippen LogP contribution in [0.2, 0.25) is 0 Å². The Bertz CT molecular complexity index is 880. The van der Waals surface area contributed by atoms with Gasteiger partial charge in [-0.25, -0.2) is 0 Å². The van der Waals surface area contributed by atoms with Crippen molar-refractivity contribution in [2.75, 3.05) is 6.54 Å². The summed E-state index contributed by atoms with van der Waals surface area (Å²) in [6.07, 6.45) is 2.85. The fourth-order valence-electron chi connectivity index (χ4n) is 2.70. The number of aryl methyl sites for hydroxylation is 1. The first-order valence-corrected chi connectivity index (χ1v) is 8.90. The molecule has 26 heavy (non-hydrogen) atoms. The van der Waals surface area contributed by atoms with Crippen LogP contribution in [-0.2, 0) is 11.2 Å². The summed E-state index contributed by atoms with van der Waals surface area (Å²) in [7, 11) is 0. The van der Waals surface area contributed by atoms with Gasteiger partial charge in [0.2, 0.25) is 0 Å². The van der Waals surface area contributed by atoms with Gasteiger partial charge >= 0.3 is 0 Å². The van der Waals surface area contributed by atoms with Crippen LogP contribution in [0.25, 0.3) is 6.08 Å². The lowest BCUT2D eigenvalue weighted by molar-refractivity contribution is -0.385. The number of nitro groups is 1. The molecule has 1 fully saturated rings. The van der Waals surface area contributed by atoms with Gasteiger partial charge in [0.1, 0.15) is 0 Å². The van der Waals surface area contributed by atoms with E-state index in [4.69, 9.17) is 0 Å². The predicted molar refractivity (Wildman–Crippen MR) is 101 cm³/mol. The van der Waals surface area contributed by atoms with E-state index >= 15 is 0 Å². The van der Waals surface area contributed by atoms with Gasteiger partial charge in [-0.05, 0) is 42.3 Å². The average Bonchev–Trinajstić information content (AvgIpc) is 2.90. The van der Waals surface area contributed by atoms with Crippen LogP contribution in [0.5, 0.6) is 0 Å². The number of amides is 2. The monoisotopic (exact) mass is 368 g/mol. The molecule has 2 aromatic rings. The number of thioether (sulfide) groups is 1. The zero-order chi connectivity index (χ0) is 18.5. The molecule has 6 nitrogen and oxygen atoms in total. The Morgan fingerprint density at radius 1 is 1.04 bits per heavy atom. The summed E-state index contributed by atoms with van der Waals surface area (Å²) in [5.41, 5.74) is 1.37. The number of para-hydroxylation sites is 1. The third kappa shape index (κ3) is 4.00. The maximum absolute atomic E-state index is 12.5. The Kier molecular flexibility index (Phi) is 5.48. The Labute approximate surface area is 154 Å². The first-order chi connectivity index (χ1) is 12.6. The summed E-state index contributed by atoms with van der Waals surface area (Å²) < 4.78 is 0. The molecule has 7 heteroatoms. The lowest BCUT2D eigenvalue weighted by atomic mass is 10.1. The average molecular weight is 368 g/mol. The van der Waals surface area contributed by atoms with Gasteiger partial charge in [0, 0.05) is 12.6 Å². The van der Waals surface area contributed by atoms with Crippen LogP contribution in [0.1, 0.15) is 17.5 Å². The van der Waals surface area contributed by atoms with Crippen LogP contribution in [0.15, 0.2) is 59.5 Å². The number of nitro benzene ring substituents is 1. The van der Waals surface area contributed by atoms with E-state index in [-0.39, 0.29) is 15.8 Å². The smallest absolute Gasteiger partial charge is 0.268 e. The number of nitrogens with zero attached hydrogens (tertiary/aromatic N) is 2. The van der Waals surface area contributed by atoms with E-state index in [9.17, 15) is 19.7 Å². The molecule has 2 amide bonds. The first-order valence-electron chi connectivity index (χ1n) is 8.09. The fourth-order valence-corrected chi connectivity index (χ4v) is 3.55. The Balaban J connectivity index is 1.70. The van der Waals surface area contributed by atoms with Crippen LogP contribution < -0.4 is 0 Å². The second kappa shape index (κ2) is 7.97. The number of imide groups is 1. The highest BCUT2D eigenvalue weighted by atomic mass is 32.2. The minimum Gasteiger partial charge on any atom is -0.268 e. The molecule has 0 aliphatic carbocycles. The van der Waals surface area contributed by atoms with Gasteiger partial charge in [-0.2, -0.15) is 0 Å². The largest absolute Gasteiger partial charge is 0.293 e. The highest BCUT2D eigenvalue weighted by Gasteiger charge is 2.34. The molecule has 0 spiro atoms. The van der Waals surface area contributed by atoms with E-state index in [2.05, 4.69) is 0 Å². The van der Waals surface area contributed by atoms with Crippen LogP contribution >= 0.6 is 11.8 Å². The van der Waals surface area contributed by atoms with Gasteiger partial charge < -0.3 is 0 Å². The van der Waals surface area contributed by atoms with Crippen molar-refractivity contribution in [3.05, 3.63) is 80.7 Å². The number of hydrogen-bond acceptors (Lipinski definition) is 5. The quantitative estimate of drug-likeness (QED) is 0.432. The Morgan fingerprint density at radius 3 is 2.46 bits per heavy atom. The van der Waals surface area contributed by atoms with Crippen molar-refractivity contribution in [2.24, 2.45) is 0 Å². The zero-order valence-electron chi connectivity index (χ0n) is 13.8. The SMILES string of the molecule is O=C1S/C(=C/c2ccccc2[N+](=O)[O-])C(=O)N1CCCc1ccccc1. The van der Waals surface area contributed by atoms with Crippen molar-refractivity contribution in [2.45, 2.75) is 12.8 Å². The van der Waals surface area contributed by atoms with Crippen LogP contribution in [0.4, 0.5) is 10.5 Å². The maximum Gasteiger partial charge on any atom is 0.293 e. The van der Waals surface area contributed by atoms with E-state index in [1.807, 2.05) is 30.3 Å². The van der Waals surface area contributed by atoms with Gasteiger partial charge in [0.25, 0.3) is 16.8 Å². The van der Waals surface area contributed by atoms with Crippen LogP contribution in [0.3, 0.4) is 0 Å². The van der Waals surface area contributed by atoms with Crippen LogP contribution in [0, 0.1) is 10.1 Å². The van der Waals surface area contributed by atoms with Crippen molar-refractivity contribution < 1.29 is 14.5 Å². The van der Waals surface area contributed by atoms with E-state index in [0.29, 0.717) is 18.5 Å². The molecule has 0 bridgehead atoms.